The molecular weight excluding hydrogens is 284 g/mol. The number of fused-ring (bicyclic) bond motifs is 1. The smallest absolute Gasteiger partial charge is 0.306 e. The number of imide groups is 1. The minimum absolute atomic E-state index is 0.149. The highest BCUT2D eigenvalue weighted by molar-refractivity contribution is 6.21. The van der Waals surface area contributed by atoms with Gasteiger partial charge in [-0.3, -0.25) is 19.3 Å². The van der Waals surface area contributed by atoms with Crippen molar-refractivity contribution in [2.24, 2.45) is 5.92 Å². The summed E-state index contributed by atoms with van der Waals surface area (Å²) in [5.74, 6) is -1.53. The number of carboxylic acids is 1. The summed E-state index contributed by atoms with van der Waals surface area (Å²) in [7, 11) is 0. The summed E-state index contributed by atoms with van der Waals surface area (Å²) in [5, 5.41) is 12.2. The van der Waals surface area contributed by atoms with Gasteiger partial charge in [-0.2, -0.15) is 0 Å². The van der Waals surface area contributed by atoms with Gasteiger partial charge in [-0.1, -0.05) is 12.1 Å². The van der Waals surface area contributed by atoms with E-state index in [1.807, 2.05) is 0 Å². The van der Waals surface area contributed by atoms with Crippen LogP contribution in [0.5, 0.6) is 0 Å². The summed E-state index contributed by atoms with van der Waals surface area (Å²) in [4.78, 5) is 36.5. The molecule has 2 aliphatic rings. The molecule has 1 aromatic rings. The molecule has 2 unspecified atom stereocenters. The van der Waals surface area contributed by atoms with Crippen molar-refractivity contribution in [1.29, 1.82) is 0 Å². The van der Waals surface area contributed by atoms with Crippen LogP contribution in [0.3, 0.4) is 0 Å². The van der Waals surface area contributed by atoms with Gasteiger partial charge in [-0.25, -0.2) is 0 Å². The Balaban J connectivity index is 1.52. The molecule has 1 saturated carbocycles. The maximum atomic E-state index is 12.2. The van der Waals surface area contributed by atoms with Crippen molar-refractivity contribution in [3.63, 3.8) is 0 Å². The van der Waals surface area contributed by atoms with Crippen molar-refractivity contribution in [3.8, 4) is 0 Å². The molecule has 1 fully saturated rings. The lowest BCUT2D eigenvalue weighted by Crippen LogP contribution is -2.39. The number of rotatable bonds is 5. The van der Waals surface area contributed by atoms with Crippen LogP contribution in [-0.4, -0.2) is 46.9 Å². The Kier molecular flexibility index (Phi) is 3.94. The summed E-state index contributed by atoms with van der Waals surface area (Å²) < 4.78 is 0. The van der Waals surface area contributed by atoms with E-state index in [0.717, 1.165) is 6.42 Å². The summed E-state index contributed by atoms with van der Waals surface area (Å²) in [6.07, 6.45) is 2.11. The second kappa shape index (κ2) is 5.88. The van der Waals surface area contributed by atoms with Crippen molar-refractivity contribution in [2.45, 2.75) is 25.3 Å². The van der Waals surface area contributed by atoms with Gasteiger partial charge in [0.15, 0.2) is 0 Å². The number of nitrogens with zero attached hydrogens (tertiary/aromatic N) is 1. The van der Waals surface area contributed by atoms with Gasteiger partial charge in [0.05, 0.1) is 17.0 Å². The molecule has 0 bridgehead atoms. The van der Waals surface area contributed by atoms with Crippen LogP contribution in [0.4, 0.5) is 0 Å². The Labute approximate surface area is 128 Å². The SMILES string of the molecule is O=C(O)C1CCC(NCCN2C(=O)c3ccccc3C2=O)C1. The summed E-state index contributed by atoms with van der Waals surface area (Å²) in [6.45, 7) is 0.795. The first-order valence-electron chi connectivity index (χ1n) is 7.49. The van der Waals surface area contributed by atoms with Crippen LogP contribution in [0.15, 0.2) is 24.3 Å². The van der Waals surface area contributed by atoms with Crippen molar-refractivity contribution < 1.29 is 19.5 Å². The molecule has 3 rings (SSSR count). The van der Waals surface area contributed by atoms with Gasteiger partial charge in [0.25, 0.3) is 11.8 Å². The number of nitrogens with one attached hydrogen (secondary N) is 1. The van der Waals surface area contributed by atoms with Crippen LogP contribution in [0.2, 0.25) is 0 Å². The predicted octanol–water partition coefficient (Wildman–Crippen LogP) is 1.13. The first kappa shape index (κ1) is 14.7. The largest absolute Gasteiger partial charge is 0.481 e. The average molecular weight is 302 g/mol. The third-order valence-corrected chi connectivity index (χ3v) is 4.43. The molecule has 0 radical (unpaired) electrons. The fraction of sp³-hybridized carbons (Fsp3) is 0.438. The number of carbonyl (C=O) groups excluding carboxylic acids is 2. The summed E-state index contributed by atoms with van der Waals surface area (Å²) >= 11 is 0. The summed E-state index contributed by atoms with van der Waals surface area (Å²) in [6, 6.07) is 6.97. The van der Waals surface area contributed by atoms with Crippen molar-refractivity contribution in [2.75, 3.05) is 13.1 Å². The van der Waals surface area contributed by atoms with Crippen molar-refractivity contribution >= 4 is 17.8 Å². The maximum absolute atomic E-state index is 12.2. The van der Waals surface area contributed by atoms with Crippen LogP contribution in [0.25, 0.3) is 0 Å². The van der Waals surface area contributed by atoms with E-state index in [1.54, 1.807) is 24.3 Å². The topological polar surface area (TPSA) is 86.7 Å². The van der Waals surface area contributed by atoms with E-state index in [2.05, 4.69) is 5.32 Å². The Bertz CT molecular complexity index is 593. The monoisotopic (exact) mass is 302 g/mol. The van der Waals surface area contributed by atoms with E-state index < -0.39 is 5.97 Å². The van der Waals surface area contributed by atoms with E-state index in [4.69, 9.17) is 5.11 Å². The molecular formula is C16H18N2O4. The Morgan fingerprint density at radius 1 is 1.18 bits per heavy atom. The Morgan fingerprint density at radius 2 is 1.82 bits per heavy atom. The van der Waals surface area contributed by atoms with Gasteiger partial charge in [-0.05, 0) is 31.4 Å². The van der Waals surface area contributed by atoms with Crippen molar-refractivity contribution in [1.82, 2.24) is 10.2 Å². The molecule has 6 heteroatoms. The van der Waals surface area contributed by atoms with Crippen LogP contribution in [-0.2, 0) is 4.79 Å². The highest BCUT2D eigenvalue weighted by atomic mass is 16.4. The number of hydrogen-bond donors (Lipinski definition) is 2. The Hall–Kier alpha value is -2.21. The lowest BCUT2D eigenvalue weighted by atomic mass is 10.1. The number of hydrogen-bond acceptors (Lipinski definition) is 4. The molecule has 1 heterocycles. The van der Waals surface area contributed by atoms with Gasteiger partial charge >= 0.3 is 5.97 Å². The lowest BCUT2D eigenvalue weighted by molar-refractivity contribution is -0.141. The predicted molar refractivity (Wildman–Crippen MR) is 78.6 cm³/mol. The molecule has 0 saturated heterocycles. The zero-order valence-electron chi connectivity index (χ0n) is 12.1. The standard InChI is InChI=1S/C16H18N2O4/c19-14-12-3-1-2-4-13(12)15(20)18(14)8-7-17-11-6-5-10(9-11)16(21)22/h1-4,10-11,17H,5-9H2,(H,21,22). The van der Waals surface area contributed by atoms with E-state index in [0.29, 0.717) is 37.1 Å². The molecule has 22 heavy (non-hydrogen) atoms. The zero-order valence-corrected chi connectivity index (χ0v) is 12.1. The van der Waals surface area contributed by atoms with E-state index in [-0.39, 0.29) is 23.8 Å². The van der Waals surface area contributed by atoms with Gasteiger partial charge < -0.3 is 10.4 Å². The number of aliphatic carboxylic acids is 1. The molecule has 1 aromatic carbocycles. The van der Waals surface area contributed by atoms with Crippen molar-refractivity contribution in [3.05, 3.63) is 35.4 Å². The molecule has 2 N–H and O–H groups in total. The molecule has 2 amide bonds. The molecule has 0 aromatic heterocycles. The fourth-order valence-corrected chi connectivity index (χ4v) is 3.21. The maximum Gasteiger partial charge on any atom is 0.306 e. The normalized spacial score (nSPS) is 23.9. The first-order chi connectivity index (χ1) is 10.6. The van der Waals surface area contributed by atoms with Gasteiger partial charge in [0.2, 0.25) is 0 Å². The third kappa shape index (κ3) is 2.62. The highest BCUT2D eigenvalue weighted by Gasteiger charge is 2.35. The van der Waals surface area contributed by atoms with Crippen LogP contribution in [0, 0.1) is 5.92 Å². The average Bonchev–Trinajstić information content (AvgIpc) is 3.07. The van der Waals surface area contributed by atoms with Crippen LogP contribution in [0.1, 0.15) is 40.0 Å². The molecule has 1 aliphatic carbocycles. The molecule has 2 atom stereocenters. The molecule has 0 spiro atoms. The van der Waals surface area contributed by atoms with Crippen LogP contribution >= 0.6 is 0 Å². The third-order valence-electron chi connectivity index (χ3n) is 4.43. The van der Waals surface area contributed by atoms with Gasteiger partial charge in [-0.15, -0.1) is 0 Å². The minimum atomic E-state index is -0.746. The van der Waals surface area contributed by atoms with Gasteiger partial charge in [0, 0.05) is 19.1 Å². The van der Waals surface area contributed by atoms with E-state index in [1.165, 1.54) is 4.90 Å². The molecule has 1 aliphatic heterocycles. The quantitative estimate of drug-likeness (QED) is 0.796. The van der Waals surface area contributed by atoms with E-state index in [9.17, 15) is 14.4 Å². The molecule has 6 nitrogen and oxygen atoms in total. The number of amides is 2. The second-order valence-corrected chi connectivity index (χ2v) is 5.81. The number of carboxylic acid groups (broad SMARTS) is 1. The van der Waals surface area contributed by atoms with Gasteiger partial charge in [0.1, 0.15) is 0 Å². The second-order valence-electron chi connectivity index (χ2n) is 5.81. The number of carbonyl (C=O) groups is 3. The van der Waals surface area contributed by atoms with E-state index >= 15 is 0 Å². The highest BCUT2D eigenvalue weighted by Crippen LogP contribution is 2.26. The zero-order chi connectivity index (χ0) is 15.7. The first-order valence-corrected chi connectivity index (χ1v) is 7.49. The fourth-order valence-electron chi connectivity index (χ4n) is 3.21. The lowest BCUT2D eigenvalue weighted by Gasteiger charge is -2.17. The molecule has 116 valence electrons. The van der Waals surface area contributed by atoms with Crippen LogP contribution < -0.4 is 5.32 Å². The number of benzene rings is 1. The Morgan fingerprint density at radius 3 is 2.36 bits per heavy atom. The minimum Gasteiger partial charge on any atom is -0.481 e. The summed E-state index contributed by atoms with van der Waals surface area (Å²) in [5.41, 5.74) is 0.915.